The number of non-ortho nitro benzene ring substituents is 1. The summed E-state index contributed by atoms with van der Waals surface area (Å²) in [5.41, 5.74) is 0.855. The van der Waals surface area contributed by atoms with E-state index in [1.165, 1.54) is 36.4 Å². The van der Waals surface area contributed by atoms with Gasteiger partial charge in [-0.25, -0.2) is 4.79 Å². The van der Waals surface area contributed by atoms with Crippen molar-refractivity contribution in [3.05, 3.63) is 106 Å². The number of rotatable bonds is 7. The van der Waals surface area contributed by atoms with Gasteiger partial charge < -0.3 is 10.1 Å². The second-order valence-electron chi connectivity index (χ2n) is 6.17. The molecule has 0 saturated carbocycles. The third kappa shape index (κ3) is 4.93. The quantitative estimate of drug-likeness (QED) is 0.278. The molecular formula is C22H16N2O6. The zero-order valence-corrected chi connectivity index (χ0v) is 15.6. The highest BCUT2D eigenvalue weighted by atomic mass is 16.6. The molecule has 3 aromatic carbocycles. The van der Waals surface area contributed by atoms with Crippen LogP contribution in [-0.2, 0) is 9.53 Å². The molecule has 0 aromatic heterocycles. The Balaban J connectivity index is 1.64. The molecule has 0 radical (unpaired) electrons. The zero-order chi connectivity index (χ0) is 21.5. The number of benzene rings is 3. The fourth-order valence-corrected chi connectivity index (χ4v) is 2.68. The summed E-state index contributed by atoms with van der Waals surface area (Å²) in [5.74, 6) is -1.77. The number of nitrogens with one attached hydrogen (secondary N) is 1. The maximum Gasteiger partial charge on any atom is 0.339 e. The molecule has 8 nitrogen and oxygen atoms in total. The van der Waals surface area contributed by atoms with Crippen LogP contribution in [0.5, 0.6) is 0 Å². The van der Waals surface area contributed by atoms with Gasteiger partial charge in [-0.2, -0.15) is 0 Å². The minimum atomic E-state index is -0.811. The van der Waals surface area contributed by atoms with Gasteiger partial charge in [0.05, 0.1) is 10.5 Å². The average Bonchev–Trinajstić information content (AvgIpc) is 2.78. The van der Waals surface area contributed by atoms with Gasteiger partial charge in [0.25, 0.3) is 11.6 Å². The van der Waals surface area contributed by atoms with Gasteiger partial charge >= 0.3 is 5.97 Å². The number of hydrogen-bond donors (Lipinski definition) is 1. The maximum absolute atomic E-state index is 12.7. The largest absolute Gasteiger partial charge is 0.452 e. The number of anilines is 1. The van der Waals surface area contributed by atoms with Gasteiger partial charge in [0.15, 0.2) is 12.4 Å². The maximum atomic E-state index is 12.7. The predicted molar refractivity (Wildman–Crippen MR) is 108 cm³/mol. The van der Waals surface area contributed by atoms with Crippen molar-refractivity contribution >= 4 is 29.0 Å². The molecule has 0 aliphatic carbocycles. The zero-order valence-electron chi connectivity index (χ0n) is 15.6. The van der Waals surface area contributed by atoms with Crippen molar-refractivity contribution in [3.8, 4) is 0 Å². The third-order valence-electron chi connectivity index (χ3n) is 4.12. The van der Waals surface area contributed by atoms with E-state index < -0.39 is 23.4 Å². The van der Waals surface area contributed by atoms with Crippen LogP contribution < -0.4 is 5.32 Å². The smallest absolute Gasteiger partial charge is 0.339 e. The van der Waals surface area contributed by atoms with Crippen LogP contribution in [0.2, 0.25) is 0 Å². The lowest BCUT2D eigenvalue weighted by molar-refractivity contribution is -0.384. The number of esters is 1. The van der Waals surface area contributed by atoms with Gasteiger partial charge in [-0.1, -0.05) is 48.5 Å². The molecule has 1 N–H and O–H groups in total. The number of carbonyl (C=O) groups is 3. The minimum absolute atomic E-state index is 0.0505. The van der Waals surface area contributed by atoms with Crippen LogP contribution in [0, 0.1) is 10.1 Å². The van der Waals surface area contributed by atoms with E-state index in [0.29, 0.717) is 11.3 Å². The van der Waals surface area contributed by atoms with Gasteiger partial charge in [-0.3, -0.25) is 19.7 Å². The second kappa shape index (κ2) is 9.24. The number of nitrogens with zero attached hydrogens (tertiary/aromatic N) is 1. The molecule has 0 spiro atoms. The first kappa shape index (κ1) is 20.4. The van der Waals surface area contributed by atoms with Gasteiger partial charge in [0, 0.05) is 28.9 Å². The van der Waals surface area contributed by atoms with E-state index in [1.54, 1.807) is 42.5 Å². The summed E-state index contributed by atoms with van der Waals surface area (Å²) in [4.78, 5) is 47.3. The van der Waals surface area contributed by atoms with Gasteiger partial charge in [-0.15, -0.1) is 0 Å². The Labute approximate surface area is 171 Å². The van der Waals surface area contributed by atoms with E-state index >= 15 is 0 Å². The fourth-order valence-electron chi connectivity index (χ4n) is 2.68. The molecule has 8 heteroatoms. The molecule has 3 rings (SSSR count). The molecule has 0 aliphatic rings. The lowest BCUT2D eigenvalue weighted by Gasteiger charge is -2.09. The summed E-state index contributed by atoms with van der Waals surface area (Å²) >= 11 is 0. The first-order valence-corrected chi connectivity index (χ1v) is 8.86. The summed E-state index contributed by atoms with van der Waals surface area (Å²) in [6, 6.07) is 19.9. The standard InChI is InChI=1S/C22H16N2O6/c25-20(23-16-10-12-17(13-11-16)24(28)29)14-30-22(27)19-9-5-4-8-18(19)21(26)15-6-2-1-3-7-15/h1-13H,14H2,(H,23,25). The van der Waals surface area contributed by atoms with Gasteiger partial charge in [-0.05, 0) is 18.2 Å². The fraction of sp³-hybridized carbons (Fsp3) is 0.0455. The highest BCUT2D eigenvalue weighted by Gasteiger charge is 2.19. The van der Waals surface area contributed by atoms with Crippen LogP contribution in [0.25, 0.3) is 0 Å². The topological polar surface area (TPSA) is 116 Å². The summed E-state index contributed by atoms with van der Waals surface area (Å²) in [6.45, 7) is -0.580. The Morgan fingerprint density at radius 2 is 1.43 bits per heavy atom. The number of hydrogen-bond acceptors (Lipinski definition) is 6. The van der Waals surface area contributed by atoms with Crippen LogP contribution in [0.4, 0.5) is 11.4 Å². The normalized spacial score (nSPS) is 10.1. The van der Waals surface area contributed by atoms with Crippen molar-refractivity contribution in [2.75, 3.05) is 11.9 Å². The molecule has 0 bridgehead atoms. The highest BCUT2D eigenvalue weighted by molar-refractivity contribution is 6.14. The Kier molecular flexibility index (Phi) is 6.29. The van der Waals surface area contributed by atoms with Crippen molar-refractivity contribution in [2.45, 2.75) is 0 Å². The van der Waals surface area contributed by atoms with Crippen molar-refractivity contribution < 1.29 is 24.0 Å². The van der Waals surface area contributed by atoms with E-state index in [9.17, 15) is 24.5 Å². The molecule has 0 aliphatic heterocycles. The Bertz CT molecular complexity index is 1090. The number of nitro groups is 1. The summed E-state index contributed by atoms with van der Waals surface area (Å²) in [6.07, 6.45) is 0. The molecular weight excluding hydrogens is 388 g/mol. The van der Waals surface area contributed by atoms with Crippen molar-refractivity contribution in [1.29, 1.82) is 0 Å². The van der Waals surface area contributed by atoms with E-state index in [1.807, 2.05) is 0 Å². The number of ether oxygens (including phenoxy) is 1. The highest BCUT2D eigenvalue weighted by Crippen LogP contribution is 2.17. The van der Waals surface area contributed by atoms with Crippen LogP contribution in [0.1, 0.15) is 26.3 Å². The number of amides is 1. The van der Waals surface area contributed by atoms with Crippen molar-refractivity contribution in [3.63, 3.8) is 0 Å². The van der Waals surface area contributed by atoms with Crippen molar-refractivity contribution in [1.82, 2.24) is 0 Å². The Hall–Kier alpha value is -4.33. The average molecular weight is 404 g/mol. The van der Waals surface area contributed by atoms with E-state index in [-0.39, 0.29) is 22.6 Å². The first-order chi connectivity index (χ1) is 14.5. The van der Waals surface area contributed by atoms with E-state index in [0.717, 1.165) is 0 Å². The summed E-state index contributed by atoms with van der Waals surface area (Å²) < 4.78 is 5.04. The molecule has 0 heterocycles. The first-order valence-electron chi connectivity index (χ1n) is 8.86. The molecule has 0 atom stereocenters. The summed E-state index contributed by atoms with van der Waals surface area (Å²) in [5, 5.41) is 13.1. The molecule has 30 heavy (non-hydrogen) atoms. The molecule has 3 aromatic rings. The predicted octanol–water partition coefficient (Wildman–Crippen LogP) is 3.62. The Morgan fingerprint density at radius 3 is 2.07 bits per heavy atom. The molecule has 150 valence electrons. The molecule has 0 unspecified atom stereocenters. The monoisotopic (exact) mass is 404 g/mol. The Morgan fingerprint density at radius 1 is 0.833 bits per heavy atom. The van der Waals surface area contributed by atoms with E-state index in [2.05, 4.69) is 5.32 Å². The minimum Gasteiger partial charge on any atom is -0.452 e. The number of ketones is 1. The lowest BCUT2D eigenvalue weighted by Crippen LogP contribution is -2.22. The van der Waals surface area contributed by atoms with Crippen LogP contribution in [-0.4, -0.2) is 29.2 Å². The number of carbonyl (C=O) groups excluding carboxylic acids is 3. The van der Waals surface area contributed by atoms with Crippen molar-refractivity contribution in [2.24, 2.45) is 0 Å². The molecule has 1 amide bonds. The SMILES string of the molecule is O=C(COC(=O)c1ccccc1C(=O)c1ccccc1)Nc1ccc([N+](=O)[O-])cc1. The third-order valence-corrected chi connectivity index (χ3v) is 4.12. The van der Waals surface area contributed by atoms with Gasteiger partial charge in [0.2, 0.25) is 0 Å². The second-order valence-corrected chi connectivity index (χ2v) is 6.17. The lowest BCUT2D eigenvalue weighted by atomic mass is 9.98. The molecule has 0 fully saturated rings. The van der Waals surface area contributed by atoms with Gasteiger partial charge in [0.1, 0.15) is 0 Å². The summed E-state index contributed by atoms with van der Waals surface area (Å²) in [7, 11) is 0. The van der Waals surface area contributed by atoms with Crippen LogP contribution in [0.15, 0.2) is 78.9 Å². The molecule has 0 saturated heterocycles. The number of nitro benzene ring substituents is 1. The van der Waals surface area contributed by atoms with Crippen LogP contribution >= 0.6 is 0 Å². The van der Waals surface area contributed by atoms with E-state index in [4.69, 9.17) is 4.74 Å². The van der Waals surface area contributed by atoms with Crippen LogP contribution in [0.3, 0.4) is 0 Å².